The first-order valence-electron chi connectivity index (χ1n) is 5.79. The van der Waals surface area contributed by atoms with Gasteiger partial charge in [0, 0.05) is 12.3 Å². The fraction of sp³-hybridized carbons (Fsp3) is 0.417. The molecule has 0 bridgehead atoms. The summed E-state index contributed by atoms with van der Waals surface area (Å²) < 4.78 is 0. The minimum atomic E-state index is 0.0253. The van der Waals surface area contributed by atoms with E-state index < -0.39 is 0 Å². The van der Waals surface area contributed by atoms with Crippen molar-refractivity contribution in [1.82, 2.24) is 0 Å². The number of benzene rings is 1. The number of anilines is 1. The molecule has 1 unspecified atom stereocenters. The molecule has 0 aromatic heterocycles. The first-order chi connectivity index (χ1) is 8.63. The highest BCUT2D eigenvalue weighted by Crippen LogP contribution is 2.38. The molecule has 0 saturated carbocycles. The van der Waals surface area contributed by atoms with Gasteiger partial charge in [0.05, 0.1) is 15.7 Å². The lowest BCUT2D eigenvalue weighted by Gasteiger charge is -2.32. The van der Waals surface area contributed by atoms with E-state index in [1.54, 1.807) is 23.1 Å². The number of thioether (sulfide) groups is 1. The van der Waals surface area contributed by atoms with E-state index in [9.17, 15) is 4.79 Å². The summed E-state index contributed by atoms with van der Waals surface area (Å²) in [6.07, 6.45) is 0.999. The second kappa shape index (κ2) is 6.22. The van der Waals surface area contributed by atoms with Crippen LogP contribution >= 0.6 is 35.0 Å². The SMILES string of the molecule is C[B]CC1CSC(=O)N(c2c(Cl)cccc2Cl)C1. The monoisotopic (exact) mass is 300 g/mol. The van der Waals surface area contributed by atoms with Crippen LogP contribution in [0.3, 0.4) is 0 Å². The summed E-state index contributed by atoms with van der Waals surface area (Å²) in [5, 5.41) is 1.08. The van der Waals surface area contributed by atoms with Crippen LogP contribution in [0.25, 0.3) is 0 Å². The number of para-hydroxylation sites is 1. The maximum atomic E-state index is 12.0. The van der Waals surface area contributed by atoms with Crippen LogP contribution in [-0.2, 0) is 0 Å². The van der Waals surface area contributed by atoms with E-state index in [1.165, 1.54) is 11.8 Å². The first kappa shape index (κ1) is 14.1. The lowest BCUT2D eigenvalue weighted by Crippen LogP contribution is -2.39. The average molecular weight is 301 g/mol. The summed E-state index contributed by atoms with van der Waals surface area (Å²) in [6.45, 7) is 2.72. The predicted octanol–water partition coefficient (Wildman–Crippen LogP) is 4.45. The van der Waals surface area contributed by atoms with Gasteiger partial charge < -0.3 is 4.90 Å². The number of nitrogens with zero attached hydrogens (tertiary/aromatic N) is 1. The van der Waals surface area contributed by atoms with Crippen molar-refractivity contribution in [3.63, 3.8) is 0 Å². The van der Waals surface area contributed by atoms with E-state index in [4.69, 9.17) is 23.2 Å². The minimum absolute atomic E-state index is 0.0253. The van der Waals surface area contributed by atoms with Crippen molar-refractivity contribution in [2.45, 2.75) is 13.1 Å². The van der Waals surface area contributed by atoms with Gasteiger partial charge in [0.15, 0.2) is 0 Å². The summed E-state index contributed by atoms with van der Waals surface area (Å²) >= 11 is 13.7. The molecule has 1 atom stereocenters. The molecule has 2 rings (SSSR count). The summed E-state index contributed by atoms with van der Waals surface area (Å²) in [5.41, 5.74) is 0.638. The van der Waals surface area contributed by atoms with Crippen LogP contribution in [0, 0.1) is 5.92 Å². The first-order valence-corrected chi connectivity index (χ1v) is 7.53. The molecule has 0 N–H and O–H groups in total. The lowest BCUT2D eigenvalue weighted by atomic mass is 9.72. The normalized spacial score (nSPS) is 20.1. The third-order valence-electron chi connectivity index (χ3n) is 2.88. The van der Waals surface area contributed by atoms with Gasteiger partial charge in [-0.3, -0.25) is 4.79 Å². The van der Waals surface area contributed by atoms with Crippen molar-refractivity contribution in [2.75, 3.05) is 17.2 Å². The standard InChI is InChI=1S/C12H13BCl2NOS/c1-13-5-8-6-16(12(17)18-7-8)11-9(14)3-2-4-10(11)15/h2-4,8H,5-7H2,1H3. The van der Waals surface area contributed by atoms with Gasteiger partial charge in [0.2, 0.25) is 0 Å². The summed E-state index contributed by atoms with van der Waals surface area (Å²) in [6, 6.07) is 5.31. The number of carbonyl (C=O) groups excluding carboxylic acids is 1. The van der Waals surface area contributed by atoms with Crippen LogP contribution in [-0.4, -0.2) is 24.8 Å². The molecule has 1 saturated heterocycles. The molecular weight excluding hydrogens is 288 g/mol. The molecule has 95 valence electrons. The van der Waals surface area contributed by atoms with Crippen molar-refractivity contribution in [3.05, 3.63) is 28.2 Å². The van der Waals surface area contributed by atoms with E-state index in [2.05, 4.69) is 7.28 Å². The van der Waals surface area contributed by atoms with Gasteiger partial charge in [-0.15, -0.1) is 0 Å². The molecule has 18 heavy (non-hydrogen) atoms. The van der Waals surface area contributed by atoms with E-state index in [0.29, 0.717) is 28.2 Å². The molecule has 1 aliphatic heterocycles. The number of halogens is 2. The van der Waals surface area contributed by atoms with Gasteiger partial charge in [0.25, 0.3) is 5.24 Å². The van der Waals surface area contributed by atoms with Crippen molar-refractivity contribution in [2.24, 2.45) is 5.92 Å². The van der Waals surface area contributed by atoms with Crippen LogP contribution in [0.1, 0.15) is 0 Å². The molecule has 1 fully saturated rings. The second-order valence-electron chi connectivity index (χ2n) is 4.27. The van der Waals surface area contributed by atoms with E-state index in [0.717, 1.165) is 12.1 Å². The maximum Gasteiger partial charge on any atom is 0.286 e. The fourth-order valence-corrected chi connectivity index (χ4v) is 3.60. The molecule has 1 aromatic carbocycles. The van der Waals surface area contributed by atoms with Crippen LogP contribution < -0.4 is 4.90 Å². The highest BCUT2D eigenvalue weighted by atomic mass is 35.5. The zero-order valence-corrected chi connectivity index (χ0v) is 12.4. The Morgan fingerprint density at radius 1 is 1.44 bits per heavy atom. The van der Waals surface area contributed by atoms with E-state index in [-0.39, 0.29) is 5.24 Å². The Morgan fingerprint density at radius 2 is 2.11 bits per heavy atom. The highest BCUT2D eigenvalue weighted by Gasteiger charge is 2.29. The van der Waals surface area contributed by atoms with Gasteiger partial charge in [-0.05, 0) is 18.1 Å². The Morgan fingerprint density at radius 3 is 2.72 bits per heavy atom. The molecule has 1 aromatic rings. The molecule has 0 aliphatic carbocycles. The summed E-state index contributed by atoms with van der Waals surface area (Å²) in [4.78, 5) is 13.7. The Balaban J connectivity index is 2.27. The zero-order valence-electron chi connectivity index (χ0n) is 10.0. The largest absolute Gasteiger partial charge is 0.300 e. The molecule has 6 heteroatoms. The molecule has 1 heterocycles. The second-order valence-corrected chi connectivity index (χ2v) is 6.05. The zero-order chi connectivity index (χ0) is 13.1. The van der Waals surface area contributed by atoms with Crippen LogP contribution in [0.2, 0.25) is 23.2 Å². The maximum absolute atomic E-state index is 12.0. The predicted molar refractivity (Wildman–Crippen MR) is 81.6 cm³/mol. The van der Waals surface area contributed by atoms with Crippen molar-refractivity contribution < 1.29 is 4.79 Å². The van der Waals surface area contributed by atoms with E-state index >= 15 is 0 Å². The Hall–Kier alpha value is -0.315. The number of hydrogen-bond acceptors (Lipinski definition) is 2. The Labute approximate surface area is 122 Å². The quantitative estimate of drug-likeness (QED) is 0.769. The van der Waals surface area contributed by atoms with E-state index in [1.807, 2.05) is 6.82 Å². The molecule has 0 spiro atoms. The molecule has 1 amide bonds. The van der Waals surface area contributed by atoms with Crippen LogP contribution in [0.5, 0.6) is 0 Å². The minimum Gasteiger partial charge on any atom is -0.300 e. The fourth-order valence-electron chi connectivity index (χ4n) is 2.06. The Bertz CT molecular complexity index is 437. The van der Waals surface area contributed by atoms with Crippen molar-refractivity contribution in [3.8, 4) is 0 Å². The Kier molecular flexibility index (Phi) is 4.87. The topological polar surface area (TPSA) is 20.3 Å². The van der Waals surface area contributed by atoms with Crippen LogP contribution in [0.4, 0.5) is 10.5 Å². The summed E-state index contributed by atoms with van der Waals surface area (Å²) in [5.74, 6) is 1.33. The number of hydrogen-bond donors (Lipinski definition) is 0. The van der Waals surface area contributed by atoms with Gasteiger partial charge in [0.1, 0.15) is 7.28 Å². The summed E-state index contributed by atoms with van der Waals surface area (Å²) in [7, 11) is 2.13. The van der Waals surface area contributed by atoms with Gasteiger partial charge in [-0.1, -0.05) is 54.2 Å². The molecule has 1 aliphatic rings. The van der Waals surface area contributed by atoms with Crippen molar-refractivity contribution in [1.29, 1.82) is 0 Å². The van der Waals surface area contributed by atoms with Gasteiger partial charge in [-0.25, -0.2) is 0 Å². The van der Waals surface area contributed by atoms with Gasteiger partial charge in [-0.2, -0.15) is 0 Å². The molecular formula is C12H13BCl2NOS. The third kappa shape index (κ3) is 2.98. The molecule has 1 radical (unpaired) electrons. The highest BCUT2D eigenvalue weighted by molar-refractivity contribution is 8.14. The van der Waals surface area contributed by atoms with Gasteiger partial charge >= 0.3 is 0 Å². The third-order valence-corrected chi connectivity index (χ3v) is 4.60. The number of carbonyl (C=O) groups is 1. The molecule has 2 nitrogen and oxygen atoms in total. The average Bonchev–Trinajstić information content (AvgIpc) is 2.33. The number of amides is 1. The van der Waals surface area contributed by atoms with Crippen LogP contribution in [0.15, 0.2) is 18.2 Å². The number of rotatable bonds is 3. The smallest absolute Gasteiger partial charge is 0.286 e. The van der Waals surface area contributed by atoms with Crippen molar-refractivity contribution >= 4 is 53.2 Å². The lowest BCUT2D eigenvalue weighted by molar-refractivity contribution is 0.263.